The molecule has 2 aliphatic heterocycles. The minimum Gasteiger partial charge on any atom is -0.454 e. The molecule has 2 amide bonds. The van der Waals surface area contributed by atoms with Crippen LogP contribution in [-0.2, 0) is 11.4 Å². The molecule has 9 nitrogen and oxygen atoms in total. The Hall–Kier alpha value is -3.43. The number of hydrogen-bond acceptors (Lipinski definition) is 7. The van der Waals surface area contributed by atoms with E-state index < -0.39 is 0 Å². The molecule has 0 unspecified atom stereocenters. The quantitative estimate of drug-likeness (QED) is 0.657. The number of aliphatic hydroxyl groups is 1. The molecule has 2 aromatic rings. The maximum Gasteiger partial charge on any atom is 0.253 e. The van der Waals surface area contributed by atoms with Gasteiger partial charge in [-0.3, -0.25) is 19.3 Å². The Kier molecular flexibility index (Phi) is 6.38. The minimum absolute atomic E-state index is 0.0807. The average Bonchev–Trinajstić information content (AvgIpc) is 3.26. The van der Waals surface area contributed by atoms with Crippen LogP contribution < -0.4 is 14.8 Å². The first-order valence-corrected chi connectivity index (χ1v) is 10.4. The third kappa shape index (κ3) is 4.74. The van der Waals surface area contributed by atoms with Crippen molar-refractivity contribution in [3.8, 4) is 11.5 Å². The number of nitrogens with one attached hydrogen (secondary N) is 1. The fourth-order valence-corrected chi connectivity index (χ4v) is 3.82. The zero-order chi connectivity index (χ0) is 22.7. The number of hydrogen-bond donors (Lipinski definition) is 2. The van der Waals surface area contributed by atoms with Gasteiger partial charge in [-0.1, -0.05) is 12.1 Å². The summed E-state index contributed by atoms with van der Waals surface area (Å²) in [6.45, 7) is 3.65. The van der Waals surface area contributed by atoms with Crippen molar-refractivity contribution in [2.24, 2.45) is 0 Å². The number of amides is 2. The second-order valence-corrected chi connectivity index (χ2v) is 7.78. The molecule has 2 aliphatic rings. The van der Waals surface area contributed by atoms with Crippen LogP contribution in [0.2, 0.25) is 0 Å². The molecule has 32 heavy (non-hydrogen) atoms. The van der Waals surface area contributed by atoms with E-state index in [0.29, 0.717) is 60.1 Å². The molecule has 0 saturated carbocycles. The van der Waals surface area contributed by atoms with E-state index in [0.717, 1.165) is 0 Å². The predicted molar refractivity (Wildman–Crippen MR) is 116 cm³/mol. The second-order valence-electron chi connectivity index (χ2n) is 7.78. The molecule has 0 spiro atoms. The highest BCUT2D eigenvalue weighted by atomic mass is 16.7. The molecular weight excluding hydrogens is 414 g/mol. The highest BCUT2D eigenvalue weighted by Gasteiger charge is 2.25. The number of nitrogens with zero attached hydrogens (tertiary/aromatic N) is 2. The second kappa shape index (κ2) is 9.37. The van der Waals surface area contributed by atoms with Crippen LogP contribution in [0.15, 0.2) is 36.4 Å². The maximum absolute atomic E-state index is 12.7. The van der Waals surface area contributed by atoms with Gasteiger partial charge in [0.15, 0.2) is 17.3 Å². The van der Waals surface area contributed by atoms with Gasteiger partial charge in [-0.15, -0.1) is 0 Å². The van der Waals surface area contributed by atoms with Crippen molar-refractivity contribution in [1.82, 2.24) is 9.80 Å². The number of ketones is 1. The summed E-state index contributed by atoms with van der Waals surface area (Å²) in [6, 6.07) is 10.1. The van der Waals surface area contributed by atoms with Gasteiger partial charge in [0.1, 0.15) is 0 Å². The molecule has 2 heterocycles. The maximum atomic E-state index is 12.7. The summed E-state index contributed by atoms with van der Waals surface area (Å²) >= 11 is 0. The highest BCUT2D eigenvalue weighted by molar-refractivity contribution is 6.05. The third-order valence-corrected chi connectivity index (χ3v) is 5.55. The number of fused-ring (bicyclic) bond motifs is 1. The lowest BCUT2D eigenvalue weighted by Gasteiger charge is -2.34. The first-order valence-electron chi connectivity index (χ1n) is 10.4. The molecule has 168 valence electrons. The molecule has 0 radical (unpaired) electrons. The van der Waals surface area contributed by atoms with E-state index in [-0.39, 0.29) is 37.5 Å². The molecule has 2 N–H and O–H groups in total. The third-order valence-electron chi connectivity index (χ3n) is 5.55. The largest absolute Gasteiger partial charge is 0.454 e. The van der Waals surface area contributed by atoms with Crippen LogP contribution in [0.5, 0.6) is 11.5 Å². The Morgan fingerprint density at radius 3 is 2.44 bits per heavy atom. The lowest BCUT2D eigenvalue weighted by molar-refractivity contribution is -0.117. The Bertz CT molecular complexity index is 1050. The number of carbonyl (C=O) groups is 3. The van der Waals surface area contributed by atoms with E-state index in [1.54, 1.807) is 41.3 Å². The van der Waals surface area contributed by atoms with Crippen LogP contribution in [0.4, 0.5) is 5.69 Å². The molecular formula is C23H25N3O6. The van der Waals surface area contributed by atoms with Crippen molar-refractivity contribution in [3.63, 3.8) is 0 Å². The number of piperazine rings is 1. The number of anilines is 1. The molecule has 2 aromatic carbocycles. The molecule has 1 saturated heterocycles. The van der Waals surface area contributed by atoms with Gasteiger partial charge in [-0.05, 0) is 30.7 Å². The number of benzene rings is 2. The summed E-state index contributed by atoms with van der Waals surface area (Å²) in [5.41, 5.74) is 1.99. The number of rotatable bonds is 6. The molecule has 9 heteroatoms. The van der Waals surface area contributed by atoms with Crippen molar-refractivity contribution < 1.29 is 29.0 Å². The van der Waals surface area contributed by atoms with Gasteiger partial charge in [-0.2, -0.15) is 0 Å². The van der Waals surface area contributed by atoms with Crippen LogP contribution >= 0.6 is 0 Å². The smallest absolute Gasteiger partial charge is 0.253 e. The summed E-state index contributed by atoms with van der Waals surface area (Å²) in [4.78, 5) is 41.0. The van der Waals surface area contributed by atoms with Crippen LogP contribution in [-0.4, -0.2) is 72.0 Å². The van der Waals surface area contributed by atoms with Crippen molar-refractivity contribution in [3.05, 3.63) is 53.1 Å². The zero-order valence-electron chi connectivity index (χ0n) is 17.8. The van der Waals surface area contributed by atoms with Crippen molar-refractivity contribution in [1.29, 1.82) is 0 Å². The normalized spacial score (nSPS) is 15.5. The summed E-state index contributed by atoms with van der Waals surface area (Å²) in [5, 5.41) is 12.1. The van der Waals surface area contributed by atoms with Gasteiger partial charge in [0.25, 0.3) is 5.91 Å². The summed E-state index contributed by atoms with van der Waals surface area (Å²) in [5.74, 6) is 0.454. The number of carbonyl (C=O) groups excluding carboxylic acids is 3. The van der Waals surface area contributed by atoms with Gasteiger partial charge in [0, 0.05) is 43.4 Å². The van der Waals surface area contributed by atoms with E-state index in [9.17, 15) is 19.5 Å². The van der Waals surface area contributed by atoms with Crippen LogP contribution in [0.3, 0.4) is 0 Å². The zero-order valence-corrected chi connectivity index (χ0v) is 17.8. The minimum atomic E-state index is -0.248. The number of Topliss-reactive ketones (excluding diaryl/α,β-unsaturated/α-hetero) is 1. The van der Waals surface area contributed by atoms with Crippen molar-refractivity contribution in [2.45, 2.75) is 13.5 Å². The fourth-order valence-electron chi connectivity index (χ4n) is 3.82. The number of aliphatic hydroxyl groups excluding tert-OH is 1. The van der Waals surface area contributed by atoms with Crippen LogP contribution in [0.1, 0.15) is 33.2 Å². The first kappa shape index (κ1) is 21.8. The first-order chi connectivity index (χ1) is 15.4. The van der Waals surface area contributed by atoms with E-state index in [1.807, 2.05) is 4.90 Å². The Labute approximate surface area is 185 Å². The van der Waals surface area contributed by atoms with Crippen LogP contribution in [0, 0.1) is 0 Å². The molecule has 0 aromatic heterocycles. The van der Waals surface area contributed by atoms with Gasteiger partial charge < -0.3 is 24.8 Å². The van der Waals surface area contributed by atoms with Gasteiger partial charge in [0.2, 0.25) is 12.7 Å². The molecule has 1 fully saturated rings. The molecule has 4 rings (SSSR count). The van der Waals surface area contributed by atoms with Crippen LogP contribution in [0.25, 0.3) is 0 Å². The van der Waals surface area contributed by atoms with Gasteiger partial charge >= 0.3 is 0 Å². The average molecular weight is 439 g/mol. The highest BCUT2D eigenvalue weighted by Crippen LogP contribution is 2.37. The van der Waals surface area contributed by atoms with E-state index in [1.165, 1.54) is 6.92 Å². The topological polar surface area (TPSA) is 108 Å². The van der Waals surface area contributed by atoms with E-state index in [2.05, 4.69) is 5.32 Å². The molecule has 0 bridgehead atoms. The molecule has 0 atom stereocenters. The summed E-state index contributed by atoms with van der Waals surface area (Å²) in [7, 11) is 0. The van der Waals surface area contributed by atoms with E-state index in [4.69, 9.17) is 9.47 Å². The van der Waals surface area contributed by atoms with Gasteiger partial charge in [0.05, 0.1) is 18.8 Å². The van der Waals surface area contributed by atoms with Crippen molar-refractivity contribution in [2.75, 3.05) is 44.8 Å². The Morgan fingerprint density at radius 2 is 1.75 bits per heavy atom. The monoisotopic (exact) mass is 439 g/mol. The Morgan fingerprint density at radius 1 is 1.03 bits per heavy atom. The Balaban J connectivity index is 1.33. The standard InChI is InChI=1S/C23H25N3O6/c1-15(28)18-10-20-21(32-14-31-20)11-19(18)24-22(29)12-25-5-7-26(8-6-25)23(30)17-4-2-3-16(9-17)13-27/h2-4,9-11,27H,5-8,12-14H2,1H3,(H,24,29). The number of ether oxygens (including phenoxy) is 2. The lowest BCUT2D eigenvalue weighted by Crippen LogP contribution is -2.50. The molecule has 0 aliphatic carbocycles. The summed E-state index contributed by atoms with van der Waals surface area (Å²) in [6.07, 6.45) is 0. The SMILES string of the molecule is CC(=O)c1cc2c(cc1NC(=O)CN1CCN(C(=O)c3cccc(CO)c3)CC1)OCO2. The fraction of sp³-hybridized carbons (Fsp3) is 0.348. The predicted octanol–water partition coefficient (Wildman–Crippen LogP) is 1.51. The van der Waals surface area contributed by atoms with Gasteiger partial charge in [-0.25, -0.2) is 0 Å². The lowest BCUT2D eigenvalue weighted by atomic mass is 10.1. The van der Waals surface area contributed by atoms with E-state index >= 15 is 0 Å². The van der Waals surface area contributed by atoms with Crippen molar-refractivity contribution >= 4 is 23.3 Å². The summed E-state index contributed by atoms with van der Waals surface area (Å²) < 4.78 is 10.6.